The lowest BCUT2D eigenvalue weighted by molar-refractivity contribution is 0.415. The Labute approximate surface area is 143 Å². The predicted octanol–water partition coefficient (Wildman–Crippen LogP) is 5.26. The zero-order chi connectivity index (χ0) is 17.0. The summed E-state index contributed by atoms with van der Waals surface area (Å²) in [6, 6.07) is 19.3. The van der Waals surface area contributed by atoms with E-state index in [2.05, 4.69) is 18.2 Å². The molecule has 3 nitrogen and oxygen atoms in total. The van der Waals surface area contributed by atoms with Gasteiger partial charge in [0.2, 0.25) is 0 Å². The van der Waals surface area contributed by atoms with Crippen LogP contribution in [-0.2, 0) is 0 Å². The lowest BCUT2D eigenvalue weighted by Crippen LogP contribution is -1.95. The van der Waals surface area contributed by atoms with E-state index in [4.69, 9.17) is 9.15 Å². The SMILES string of the molecule is COc1ccc2c(coc3c4ccc(=O)cc4c4ccccc4c23)c1. The van der Waals surface area contributed by atoms with Gasteiger partial charge in [-0.15, -0.1) is 0 Å². The minimum absolute atomic E-state index is 0.00234. The standard InChI is InChI=1S/C22H14O3/c1-24-15-7-9-16-13(10-15)12-25-22-19-8-6-14(23)11-20(19)17-4-2-3-5-18(17)21(16)22/h2-12H,1H3. The molecule has 0 aliphatic rings. The minimum Gasteiger partial charge on any atom is -0.497 e. The average molecular weight is 326 g/mol. The molecule has 0 unspecified atom stereocenters. The summed E-state index contributed by atoms with van der Waals surface area (Å²) < 4.78 is 11.4. The van der Waals surface area contributed by atoms with E-state index in [1.54, 1.807) is 25.5 Å². The molecule has 4 aromatic carbocycles. The molecule has 5 aromatic rings. The van der Waals surface area contributed by atoms with Gasteiger partial charge in [-0.2, -0.15) is 0 Å². The van der Waals surface area contributed by atoms with E-state index in [9.17, 15) is 4.79 Å². The topological polar surface area (TPSA) is 39.4 Å². The number of benzene rings is 4. The first kappa shape index (κ1) is 14.1. The maximum absolute atomic E-state index is 11.9. The third-order valence-electron chi connectivity index (χ3n) is 4.78. The molecule has 0 aliphatic heterocycles. The maximum atomic E-state index is 11.9. The van der Waals surface area contributed by atoms with Crippen LogP contribution in [0.3, 0.4) is 0 Å². The van der Waals surface area contributed by atoms with Crippen molar-refractivity contribution in [3.63, 3.8) is 0 Å². The fourth-order valence-corrected chi connectivity index (χ4v) is 3.64. The fraction of sp³-hybridized carbons (Fsp3) is 0.0455. The van der Waals surface area contributed by atoms with E-state index >= 15 is 0 Å². The zero-order valence-electron chi connectivity index (χ0n) is 13.6. The van der Waals surface area contributed by atoms with Gasteiger partial charge >= 0.3 is 0 Å². The first-order valence-electron chi connectivity index (χ1n) is 8.10. The molecule has 5 rings (SSSR count). The Hall–Kier alpha value is -3.33. The number of hydrogen-bond donors (Lipinski definition) is 0. The minimum atomic E-state index is 0.00234. The first-order chi connectivity index (χ1) is 12.3. The second kappa shape index (κ2) is 5.08. The van der Waals surface area contributed by atoms with Crippen LogP contribution in [0.2, 0.25) is 0 Å². The summed E-state index contributed by atoms with van der Waals surface area (Å²) in [6.07, 6.45) is 1.75. The van der Waals surface area contributed by atoms with Crippen LogP contribution in [0.1, 0.15) is 0 Å². The molecule has 0 saturated carbocycles. The molecule has 0 bridgehead atoms. The van der Waals surface area contributed by atoms with Crippen molar-refractivity contribution in [2.45, 2.75) is 0 Å². The Bertz CT molecular complexity index is 1330. The Morgan fingerprint density at radius 2 is 1.60 bits per heavy atom. The van der Waals surface area contributed by atoms with Crippen LogP contribution in [0, 0.1) is 0 Å². The van der Waals surface area contributed by atoms with Crippen molar-refractivity contribution >= 4 is 43.3 Å². The zero-order valence-corrected chi connectivity index (χ0v) is 13.6. The number of fused-ring (bicyclic) bond motifs is 8. The fourth-order valence-electron chi connectivity index (χ4n) is 3.64. The first-order valence-corrected chi connectivity index (χ1v) is 8.10. The summed E-state index contributed by atoms with van der Waals surface area (Å²) in [7, 11) is 1.66. The van der Waals surface area contributed by atoms with Gasteiger partial charge in [0.1, 0.15) is 11.3 Å². The van der Waals surface area contributed by atoms with E-state index in [0.29, 0.717) is 0 Å². The summed E-state index contributed by atoms with van der Waals surface area (Å²) in [6.45, 7) is 0. The van der Waals surface area contributed by atoms with Crippen LogP contribution < -0.4 is 10.2 Å². The summed E-state index contributed by atoms with van der Waals surface area (Å²) in [5.74, 6) is 0.795. The van der Waals surface area contributed by atoms with Crippen LogP contribution in [-0.4, -0.2) is 7.11 Å². The lowest BCUT2D eigenvalue weighted by Gasteiger charge is -2.12. The normalized spacial score (nSPS) is 11.6. The molecule has 0 spiro atoms. The van der Waals surface area contributed by atoms with Crippen molar-refractivity contribution in [1.82, 2.24) is 0 Å². The molecular weight excluding hydrogens is 312 g/mol. The van der Waals surface area contributed by atoms with Gasteiger partial charge in [0.25, 0.3) is 0 Å². The van der Waals surface area contributed by atoms with Crippen LogP contribution in [0.5, 0.6) is 5.75 Å². The molecule has 1 aromatic heterocycles. The highest BCUT2D eigenvalue weighted by Gasteiger charge is 2.13. The van der Waals surface area contributed by atoms with E-state index in [1.807, 2.05) is 30.3 Å². The van der Waals surface area contributed by atoms with Crippen molar-refractivity contribution in [3.8, 4) is 5.75 Å². The Morgan fingerprint density at radius 1 is 0.800 bits per heavy atom. The number of ether oxygens (including phenoxy) is 1. The van der Waals surface area contributed by atoms with Crippen molar-refractivity contribution in [1.29, 1.82) is 0 Å². The van der Waals surface area contributed by atoms with Gasteiger partial charge in [0, 0.05) is 16.2 Å². The number of rotatable bonds is 1. The quantitative estimate of drug-likeness (QED) is 0.394. The molecule has 120 valence electrons. The molecule has 0 radical (unpaired) electrons. The van der Waals surface area contributed by atoms with Crippen molar-refractivity contribution in [3.05, 3.63) is 77.2 Å². The summed E-state index contributed by atoms with van der Waals surface area (Å²) in [5, 5.41) is 7.15. The van der Waals surface area contributed by atoms with Gasteiger partial charge in [-0.25, -0.2) is 0 Å². The summed E-state index contributed by atoms with van der Waals surface area (Å²) in [4.78, 5) is 11.9. The van der Waals surface area contributed by atoms with Crippen LogP contribution >= 0.6 is 0 Å². The molecule has 3 heteroatoms. The van der Waals surface area contributed by atoms with Crippen molar-refractivity contribution in [2.24, 2.45) is 0 Å². The van der Waals surface area contributed by atoms with Gasteiger partial charge in [-0.1, -0.05) is 24.3 Å². The van der Waals surface area contributed by atoms with Crippen molar-refractivity contribution in [2.75, 3.05) is 7.11 Å². The Balaban J connectivity index is 2.12. The number of hydrogen-bond acceptors (Lipinski definition) is 3. The molecule has 0 atom stereocenters. The van der Waals surface area contributed by atoms with E-state index in [-0.39, 0.29) is 5.43 Å². The summed E-state index contributed by atoms with van der Waals surface area (Å²) >= 11 is 0. The Morgan fingerprint density at radius 3 is 2.44 bits per heavy atom. The third-order valence-corrected chi connectivity index (χ3v) is 4.78. The molecule has 0 fully saturated rings. The van der Waals surface area contributed by atoms with E-state index in [1.165, 1.54) is 0 Å². The second-order valence-corrected chi connectivity index (χ2v) is 6.15. The van der Waals surface area contributed by atoms with Gasteiger partial charge in [0.15, 0.2) is 5.43 Å². The van der Waals surface area contributed by atoms with E-state index in [0.717, 1.165) is 49.0 Å². The predicted molar refractivity (Wildman–Crippen MR) is 102 cm³/mol. The van der Waals surface area contributed by atoms with Gasteiger partial charge < -0.3 is 9.15 Å². The molecule has 0 saturated heterocycles. The molecule has 0 N–H and O–H groups in total. The molecule has 0 amide bonds. The molecule has 1 heterocycles. The highest BCUT2D eigenvalue weighted by atomic mass is 16.5. The maximum Gasteiger partial charge on any atom is 0.179 e. The molecule has 25 heavy (non-hydrogen) atoms. The van der Waals surface area contributed by atoms with Crippen LogP contribution in [0.25, 0.3) is 43.3 Å². The Kier molecular flexibility index (Phi) is 2.86. The molecule has 0 aliphatic carbocycles. The summed E-state index contributed by atoms with van der Waals surface area (Å²) in [5.41, 5.74) is 0.800. The van der Waals surface area contributed by atoms with Gasteiger partial charge in [-0.3, -0.25) is 4.79 Å². The third kappa shape index (κ3) is 1.96. The van der Waals surface area contributed by atoms with Gasteiger partial charge in [-0.05, 0) is 57.9 Å². The highest BCUT2D eigenvalue weighted by molar-refractivity contribution is 6.29. The monoisotopic (exact) mass is 326 g/mol. The van der Waals surface area contributed by atoms with Crippen LogP contribution in [0.4, 0.5) is 0 Å². The van der Waals surface area contributed by atoms with Gasteiger partial charge in [0.05, 0.1) is 13.4 Å². The van der Waals surface area contributed by atoms with E-state index < -0.39 is 0 Å². The smallest absolute Gasteiger partial charge is 0.179 e. The highest BCUT2D eigenvalue weighted by Crippen LogP contribution is 2.38. The molecular formula is C22H14O3. The largest absolute Gasteiger partial charge is 0.497 e. The average Bonchev–Trinajstić information content (AvgIpc) is 2.67. The lowest BCUT2D eigenvalue weighted by atomic mass is 9.95. The second-order valence-electron chi connectivity index (χ2n) is 6.15. The number of methoxy groups -OCH3 is 1. The van der Waals surface area contributed by atoms with Crippen LogP contribution in [0.15, 0.2) is 76.1 Å². The van der Waals surface area contributed by atoms with Crippen molar-refractivity contribution < 1.29 is 9.15 Å².